The number of carbonyl (C=O) groups is 1. The number of hydrogen-bond donors (Lipinski definition) is 0. The number of nitrogens with zero attached hydrogens (tertiary/aromatic N) is 1. The topological polar surface area (TPSA) is 20.3 Å². The van der Waals surface area contributed by atoms with Crippen LogP contribution in [0.25, 0.3) is 0 Å². The van der Waals surface area contributed by atoms with Gasteiger partial charge in [-0.25, -0.2) is 0 Å². The molecule has 0 radical (unpaired) electrons. The Morgan fingerprint density at radius 1 is 1.20 bits per heavy atom. The smallest absolute Gasteiger partial charge is 0.236 e. The monoisotopic (exact) mass is 303 g/mol. The van der Waals surface area contributed by atoms with Gasteiger partial charge in [0.05, 0.1) is 5.25 Å². The summed E-state index contributed by atoms with van der Waals surface area (Å²) in [6.45, 7) is 2.80. The zero-order valence-corrected chi connectivity index (χ0v) is 13.0. The maximum absolute atomic E-state index is 12.3. The molecule has 3 rings (SSSR count). The molecule has 1 aliphatic rings. The number of benzene rings is 1. The maximum Gasteiger partial charge on any atom is 0.236 e. The lowest BCUT2D eigenvalue weighted by molar-refractivity contribution is -0.129. The number of rotatable bonds is 4. The summed E-state index contributed by atoms with van der Waals surface area (Å²) in [6.07, 6.45) is 0.917. The van der Waals surface area contributed by atoms with Crippen molar-refractivity contribution >= 4 is 29.0 Å². The lowest BCUT2D eigenvalue weighted by Crippen LogP contribution is -2.32. The zero-order valence-electron chi connectivity index (χ0n) is 11.4. The first-order valence-electron chi connectivity index (χ1n) is 6.77. The minimum Gasteiger partial charge on any atom is -0.325 e. The summed E-state index contributed by atoms with van der Waals surface area (Å²) in [6, 6.07) is 12.5. The van der Waals surface area contributed by atoms with Gasteiger partial charge in [-0.15, -0.1) is 11.8 Å². The van der Waals surface area contributed by atoms with Gasteiger partial charge in [-0.1, -0.05) is 30.3 Å². The van der Waals surface area contributed by atoms with Crippen molar-refractivity contribution < 1.29 is 4.79 Å². The van der Waals surface area contributed by atoms with E-state index >= 15 is 0 Å². The molecule has 4 heteroatoms. The van der Waals surface area contributed by atoms with Gasteiger partial charge in [-0.05, 0) is 41.3 Å². The van der Waals surface area contributed by atoms with Crippen LogP contribution >= 0.6 is 23.1 Å². The molecular formula is C16H17NOS2. The molecule has 1 fully saturated rings. The highest BCUT2D eigenvalue weighted by Crippen LogP contribution is 2.43. The standard InChI is InChI=1S/C16H17NOS2/c1-12-15(18)17(9-7-13-5-3-2-4-6-13)16(20-12)14-8-10-19-11-14/h2-6,8,10-12,16H,7,9H2,1H3. The number of hydrogen-bond acceptors (Lipinski definition) is 3. The summed E-state index contributed by atoms with van der Waals surface area (Å²) in [4.78, 5) is 14.4. The average molecular weight is 303 g/mol. The van der Waals surface area contributed by atoms with Gasteiger partial charge in [-0.3, -0.25) is 4.79 Å². The lowest BCUT2D eigenvalue weighted by Gasteiger charge is -2.23. The summed E-state index contributed by atoms with van der Waals surface area (Å²) >= 11 is 3.45. The largest absolute Gasteiger partial charge is 0.325 e. The Balaban J connectivity index is 1.73. The third-order valence-corrected chi connectivity index (χ3v) is 5.66. The molecule has 0 saturated carbocycles. The van der Waals surface area contributed by atoms with Gasteiger partial charge < -0.3 is 4.90 Å². The highest BCUT2D eigenvalue weighted by Gasteiger charge is 2.38. The Hall–Kier alpha value is -1.26. The van der Waals surface area contributed by atoms with Crippen molar-refractivity contribution in [3.05, 3.63) is 58.3 Å². The number of amides is 1. The SMILES string of the molecule is CC1SC(c2ccsc2)N(CCc2ccccc2)C1=O. The summed E-state index contributed by atoms with van der Waals surface area (Å²) in [7, 11) is 0. The Bertz CT molecular complexity index is 567. The van der Waals surface area contributed by atoms with Gasteiger partial charge in [0.2, 0.25) is 5.91 Å². The van der Waals surface area contributed by atoms with Gasteiger partial charge in [0.15, 0.2) is 0 Å². The van der Waals surface area contributed by atoms with Crippen molar-refractivity contribution in [2.45, 2.75) is 24.0 Å². The molecule has 2 nitrogen and oxygen atoms in total. The second kappa shape index (κ2) is 6.02. The van der Waals surface area contributed by atoms with E-state index in [2.05, 4.69) is 41.1 Å². The molecule has 1 aromatic carbocycles. The fourth-order valence-corrected chi connectivity index (χ4v) is 4.53. The van der Waals surface area contributed by atoms with Crippen LogP contribution in [0.15, 0.2) is 47.2 Å². The molecule has 0 bridgehead atoms. The van der Waals surface area contributed by atoms with Crippen LogP contribution in [-0.2, 0) is 11.2 Å². The Morgan fingerprint density at radius 2 is 2.00 bits per heavy atom. The van der Waals surface area contributed by atoms with E-state index in [1.54, 1.807) is 23.1 Å². The highest BCUT2D eigenvalue weighted by molar-refractivity contribution is 8.01. The van der Waals surface area contributed by atoms with Gasteiger partial charge in [-0.2, -0.15) is 11.3 Å². The number of thiophene rings is 1. The van der Waals surface area contributed by atoms with Crippen molar-refractivity contribution in [3.8, 4) is 0 Å². The fourth-order valence-electron chi connectivity index (χ4n) is 2.47. The lowest BCUT2D eigenvalue weighted by atomic mass is 10.1. The minimum atomic E-state index is 0.0654. The first-order chi connectivity index (χ1) is 9.75. The second-order valence-corrected chi connectivity index (χ2v) is 7.16. The molecule has 104 valence electrons. The molecule has 1 aliphatic heterocycles. The van der Waals surface area contributed by atoms with E-state index in [1.807, 2.05) is 17.9 Å². The highest BCUT2D eigenvalue weighted by atomic mass is 32.2. The Kier molecular flexibility index (Phi) is 4.13. The maximum atomic E-state index is 12.3. The predicted molar refractivity (Wildman–Crippen MR) is 86.0 cm³/mol. The van der Waals surface area contributed by atoms with E-state index in [4.69, 9.17) is 0 Å². The van der Waals surface area contributed by atoms with Crippen molar-refractivity contribution in [3.63, 3.8) is 0 Å². The third kappa shape index (κ3) is 2.76. The molecule has 2 heterocycles. The first-order valence-corrected chi connectivity index (χ1v) is 8.66. The molecule has 0 N–H and O–H groups in total. The molecule has 1 saturated heterocycles. The Labute approximate surface area is 127 Å². The van der Waals surface area contributed by atoms with E-state index in [0.717, 1.165) is 13.0 Å². The summed E-state index contributed by atoms with van der Waals surface area (Å²) in [5, 5.41) is 4.49. The fraction of sp³-hybridized carbons (Fsp3) is 0.312. The van der Waals surface area contributed by atoms with Crippen molar-refractivity contribution in [2.75, 3.05) is 6.54 Å². The van der Waals surface area contributed by atoms with Crippen LogP contribution in [0.1, 0.15) is 23.4 Å². The third-order valence-electron chi connectivity index (χ3n) is 3.56. The van der Waals surface area contributed by atoms with Crippen LogP contribution in [0.3, 0.4) is 0 Å². The average Bonchev–Trinajstić information content (AvgIpc) is 3.08. The van der Waals surface area contributed by atoms with E-state index in [1.165, 1.54) is 11.1 Å². The van der Waals surface area contributed by atoms with Crippen LogP contribution in [0.5, 0.6) is 0 Å². The van der Waals surface area contributed by atoms with E-state index in [-0.39, 0.29) is 16.5 Å². The van der Waals surface area contributed by atoms with Gasteiger partial charge in [0, 0.05) is 6.54 Å². The van der Waals surface area contributed by atoms with Crippen molar-refractivity contribution in [2.24, 2.45) is 0 Å². The van der Waals surface area contributed by atoms with E-state index in [0.29, 0.717) is 0 Å². The predicted octanol–water partition coefficient (Wildman–Crippen LogP) is 3.95. The van der Waals surface area contributed by atoms with Crippen LogP contribution in [0.2, 0.25) is 0 Å². The Morgan fingerprint density at radius 3 is 2.70 bits per heavy atom. The van der Waals surface area contributed by atoms with Crippen LogP contribution < -0.4 is 0 Å². The van der Waals surface area contributed by atoms with Crippen LogP contribution in [0.4, 0.5) is 0 Å². The van der Waals surface area contributed by atoms with E-state index < -0.39 is 0 Å². The number of carbonyl (C=O) groups excluding carboxylic acids is 1. The normalized spacial score (nSPS) is 22.4. The minimum absolute atomic E-state index is 0.0654. The summed E-state index contributed by atoms with van der Waals surface area (Å²) in [5.74, 6) is 0.266. The number of thioether (sulfide) groups is 1. The van der Waals surface area contributed by atoms with Gasteiger partial charge in [0.1, 0.15) is 5.37 Å². The van der Waals surface area contributed by atoms with Crippen LogP contribution in [0, 0.1) is 0 Å². The van der Waals surface area contributed by atoms with Gasteiger partial charge in [0.25, 0.3) is 0 Å². The molecular weight excluding hydrogens is 286 g/mol. The van der Waals surface area contributed by atoms with Crippen LogP contribution in [-0.4, -0.2) is 22.6 Å². The van der Waals surface area contributed by atoms with Crippen molar-refractivity contribution in [1.82, 2.24) is 4.90 Å². The molecule has 2 atom stereocenters. The summed E-state index contributed by atoms with van der Waals surface area (Å²) in [5.41, 5.74) is 2.54. The molecule has 20 heavy (non-hydrogen) atoms. The molecule has 0 spiro atoms. The van der Waals surface area contributed by atoms with Crippen molar-refractivity contribution in [1.29, 1.82) is 0 Å². The zero-order chi connectivity index (χ0) is 13.9. The van der Waals surface area contributed by atoms with E-state index in [9.17, 15) is 4.79 Å². The summed E-state index contributed by atoms with van der Waals surface area (Å²) < 4.78 is 0. The first kappa shape index (κ1) is 13.7. The van der Waals surface area contributed by atoms with Gasteiger partial charge >= 0.3 is 0 Å². The molecule has 2 unspecified atom stereocenters. The molecule has 1 amide bonds. The molecule has 0 aliphatic carbocycles. The quantitative estimate of drug-likeness (QED) is 0.852. The molecule has 2 aromatic rings. The second-order valence-electron chi connectivity index (χ2n) is 4.95. The molecule has 1 aromatic heterocycles.